The lowest BCUT2D eigenvalue weighted by Gasteiger charge is -2.13. The van der Waals surface area contributed by atoms with Gasteiger partial charge in [-0.2, -0.15) is 0 Å². The first-order chi connectivity index (χ1) is 16.3. The summed E-state index contributed by atoms with van der Waals surface area (Å²) >= 11 is 1.37. The summed E-state index contributed by atoms with van der Waals surface area (Å²) in [6.45, 7) is 11.1. The van der Waals surface area contributed by atoms with Gasteiger partial charge in [-0.05, 0) is 65.3 Å². The fourth-order valence-electron chi connectivity index (χ4n) is 3.83. The number of H-pyrrole nitrogens is 1. The summed E-state index contributed by atoms with van der Waals surface area (Å²) in [5.41, 5.74) is 1.90. The summed E-state index contributed by atoms with van der Waals surface area (Å²) in [5, 5.41) is 14.2. The monoisotopic (exact) mass is 494 g/mol. The lowest BCUT2D eigenvalue weighted by atomic mass is 10.1. The van der Waals surface area contributed by atoms with Gasteiger partial charge in [0.15, 0.2) is 0 Å². The normalized spacial score (nSPS) is 11.9. The molecule has 0 aromatic carbocycles. The molecule has 8 nitrogen and oxygen atoms in total. The minimum Gasteiger partial charge on any atom is -0.437 e. The molecular formula is C26H30N4O4S. The molecule has 0 bridgehead atoms. The first-order valence-electron chi connectivity index (χ1n) is 11.4. The minimum atomic E-state index is -1.10. The van der Waals surface area contributed by atoms with Gasteiger partial charge < -0.3 is 24.7 Å². The van der Waals surface area contributed by atoms with E-state index in [1.807, 2.05) is 33.8 Å². The number of thiophene rings is 1. The molecule has 9 heteroatoms. The van der Waals surface area contributed by atoms with Crippen LogP contribution in [0.2, 0.25) is 0 Å². The van der Waals surface area contributed by atoms with Crippen LogP contribution in [0.5, 0.6) is 11.6 Å². The van der Waals surface area contributed by atoms with Crippen molar-refractivity contribution in [3.63, 3.8) is 0 Å². The number of rotatable bonds is 6. The number of carbonyl (C=O) groups is 1. The summed E-state index contributed by atoms with van der Waals surface area (Å²) in [6, 6.07) is 5.43. The molecule has 0 saturated heterocycles. The molecule has 4 aromatic heterocycles. The van der Waals surface area contributed by atoms with Crippen LogP contribution in [0.1, 0.15) is 54.2 Å². The number of ether oxygens (including phenoxy) is 1. The van der Waals surface area contributed by atoms with E-state index in [0.29, 0.717) is 38.7 Å². The van der Waals surface area contributed by atoms with Crippen LogP contribution < -0.4 is 15.6 Å². The molecule has 0 fully saturated rings. The molecule has 4 aromatic rings. The van der Waals surface area contributed by atoms with Crippen LogP contribution in [0.25, 0.3) is 21.3 Å². The van der Waals surface area contributed by atoms with Gasteiger partial charge in [0.25, 0.3) is 11.5 Å². The smallest absolute Gasteiger partial charge is 0.274 e. The quantitative estimate of drug-likeness (QED) is 0.358. The molecule has 0 atom stereocenters. The molecule has 1 amide bonds. The summed E-state index contributed by atoms with van der Waals surface area (Å²) < 4.78 is 7.74. The molecule has 0 spiro atoms. The molecule has 0 radical (unpaired) electrons. The molecule has 0 aliphatic rings. The number of hydrogen-bond acceptors (Lipinski definition) is 6. The Morgan fingerprint density at radius 3 is 2.60 bits per heavy atom. The van der Waals surface area contributed by atoms with E-state index in [4.69, 9.17) is 4.74 Å². The van der Waals surface area contributed by atoms with Crippen molar-refractivity contribution >= 4 is 28.1 Å². The minimum absolute atomic E-state index is 0.0480. The number of amides is 1. The van der Waals surface area contributed by atoms with Gasteiger partial charge in [-0.15, -0.1) is 11.3 Å². The van der Waals surface area contributed by atoms with E-state index in [2.05, 4.69) is 15.3 Å². The number of hydrogen-bond donors (Lipinski definition) is 3. The van der Waals surface area contributed by atoms with Crippen LogP contribution in [-0.4, -0.2) is 31.6 Å². The highest BCUT2D eigenvalue weighted by molar-refractivity contribution is 7.16. The zero-order valence-electron chi connectivity index (χ0n) is 20.9. The molecule has 3 N–H and O–H groups in total. The first-order valence-corrected chi connectivity index (χ1v) is 12.2. The van der Waals surface area contributed by atoms with Crippen LogP contribution >= 0.6 is 11.3 Å². The van der Waals surface area contributed by atoms with Crippen LogP contribution in [0.3, 0.4) is 0 Å². The van der Waals surface area contributed by atoms with E-state index in [1.54, 1.807) is 45.4 Å². The van der Waals surface area contributed by atoms with E-state index in [-0.39, 0.29) is 17.5 Å². The third-order valence-corrected chi connectivity index (χ3v) is 7.01. The van der Waals surface area contributed by atoms with E-state index < -0.39 is 5.60 Å². The maximum absolute atomic E-state index is 12.9. The van der Waals surface area contributed by atoms with E-state index in [9.17, 15) is 14.7 Å². The SMILES string of the molecule is Cc1cnc(Oc2cc(C(C)(C)O)sc2-c2cn(C)c(=O)c3[nH]c(C(=O)NC(C)C)cc23)c(C)c1. The topological polar surface area (TPSA) is 109 Å². The molecule has 4 heterocycles. The second-order valence-corrected chi connectivity index (χ2v) is 10.7. The Kier molecular flexibility index (Phi) is 6.33. The molecule has 0 saturated carbocycles. The third kappa shape index (κ3) is 4.87. The fraction of sp³-hybridized carbons (Fsp3) is 0.346. The number of aliphatic hydroxyl groups is 1. The van der Waals surface area contributed by atoms with Crippen molar-refractivity contribution in [1.29, 1.82) is 0 Å². The number of pyridine rings is 2. The van der Waals surface area contributed by atoms with Crippen LogP contribution in [0.4, 0.5) is 0 Å². The van der Waals surface area contributed by atoms with Crippen molar-refractivity contribution in [3.8, 4) is 22.1 Å². The van der Waals surface area contributed by atoms with Gasteiger partial charge in [0.1, 0.15) is 17.0 Å². The maximum Gasteiger partial charge on any atom is 0.274 e. The number of aromatic nitrogens is 3. The van der Waals surface area contributed by atoms with Gasteiger partial charge in [0.05, 0.1) is 10.5 Å². The van der Waals surface area contributed by atoms with Crippen molar-refractivity contribution in [2.45, 2.75) is 53.2 Å². The average Bonchev–Trinajstić information content (AvgIpc) is 3.37. The summed E-state index contributed by atoms with van der Waals surface area (Å²) in [5.74, 6) is 0.688. The predicted molar refractivity (Wildman–Crippen MR) is 138 cm³/mol. The van der Waals surface area contributed by atoms with Crippen LogP contribution in [0.15, 0.2) is 35.4 Å². The molecule has 0 unspecified atom stereocenters. The molecule has 184 valence electrons. The fourth-order valence-corrected chi connectivity index (χ4v) is 4.94. The number of nitrogens with one attached hydrogen (secondary N) is 2. The van der Waals surface area contributed by atoms with Crippen LogP contribution in [-0.2, 0) is 12.6 Å². The molecular weight excluding hydrogens is 464 g/mol. The van der Waals surface area contributed by atoms with Crippen molar-refractivity contribution in [2.24, 2.45) is 7.05 Å². The standard InChI is InChI=1S/C26H30N4O4S/c1-13(2)28-23(31)18-9-16-17(12-30(7)25(32)21(16)29-18)22-19(10-20(35-22)26(5,6)33)34-24-15(4)8-14(3)11-27-24/h8-13,29,33H,1-7H3,(H,28,31). The van der Waals surface area contributed by atoms with Crippen molar-refractivity contribution < 1.29 is 14.6 Å². The zero-order valence-corrected chi connectivity index (χ0v) is 21.8. The molecule has 4 rings (SSSR count). The number of aromatic amines is 1. The largest absolute Gasteiger partial charge is 0.437 e. The Labute approximate surface area is 207 Å². The zero-order chi connectivity index (χ0) is 25.7. The summed E-state index contributed by atoms with van der Waals surface area (Å²) in [6.07, 6.45) is 3.46. The van der Waals surface area contributed by atoms with Gasteiger partial charge in [0.2, 0.25) is 5.88 Å². The van der Waals surface area contributed by atoms with Crippen molar-refractivity contribution in [3.05, 3.63) is 62.6 Å². The Hall–Kier alpha value is -3.43. The Balaban J connectivity index is 1.93. The first kappa shape index (κ1) is 24.7. The summed E-state index contributed by atoms with van der Waals surface area (Å²) in [4.78, 5) is 34.4. The van der Waals surface area contributed by atoms with Crippen LogP contribution in [0, 0.1) is 13.8 Å². The van der Waals surface area contributed by atoms with Gasteiger partial charge in [-0.1, -0.05) is 0 Å². The number of nitrogens with zero attached hydrogens (tertiary/aromatic N) is 2. The summed E-state index contributed by atoms with van der Waals surface area (Å²) in [7, 11) is 1.66. The highest BCUT2D eigenvalue weighted by Crippen LogP contribution is 2.45. The van der Waals surface area contributed by atoms with Gasteiger partial charge in [0, 0.05) is 46.9 Å². The lowest BCUT2D eigenvalue weighted by Crippen LogP contribution is -2.30. The van der Waals surface area contributed by atoms with Gasteiger partial charge in [-0.25, -0.2) is 4.98 Å². The second kappa shape index (κ2) is 8.98. The van der Waals surface area contributed by atoms with Crippen molar-refractivity contribution in [1.82, 2.24) is 19.9 Å². The molecule has 0 aliphatic heterocycles. The predicted octanol–water partition coefficient (Wildman–Crippen LogP) is 4.76. The number of fused-ring (bicyclic) bond motifs is 1. The van der Waals surface area contributed by atoms with E-state index in [0.717, 1.165) is 16.0 Å². The second-order valence-electron chi connectivity index (χ2n) is 9.66. The lowest BCUT2D eigenvalue weighted by molar-refractivity contribution is 0.0824. The van der Waals surface area contributed by atoms with E-state index >= 15 is 0 Å². The highest BCUT2D eigenvalue weighted by Gasteiger charge is 2.26. The number of carbonyl (C=O) groups excluding carboxylic acids is 1. The average molecular weight is 495 g/mol. The van der Waals surface area contributed by atoms with Crippen molar-refractivity contribution in [2.75, 3.05) is 0 Å². The number of aryl methyl sites for hydroxylation is 3. The van der Waals surface area contributed by atoms with Gasteiger partial charge in [-0.3, -0.25) is 9.59 Å². The molecule has 35 heavy (non-hydrogen) atoms. The van der Waals surface area contributed by atoms with E-state index in [1.165, 1.54) is 15.9 Å². The van der Waals surface area contributed by atoms with Gasteiger partial charge >= 0.3 is 0 Å². The third-order valence-electron chi connectivity index (χ3n) is 5.55. The maximum atomic E-state index is 12.9. The Bertz CT molecular complexity index is 1490. The Morgan fingerprint density at radius 1 is 1.26 bits per heavy atom. The Morgan fingerprint density at radius 2 is 1.97 bits per heavy atom. The molecule has 0 aliphatic carbocycles. The highest BCUT2D eigenvalue weighted by atomic mass is 32.1.